The van der Waals surface area contributed by atoms with Crippen molar-refractivity contribution >= 4 is 0 Å². The lowest BCUT2D eigenvalue weighted by atomic mass is 10.1. The number of aromatic nitrogens is 1. The van der Waals surface area contributed by atoms with Crippen LogP contribution in [0.3, 0.4) is 0 Å². The van der Waals surface area contributed by atoms with E-state index in [2.05, 4.69) is 10.3 Å². The highest BCUT2D eigenvalue weighted by Crippen LogP contribution is 2.26. The molecule has 0 amide bonds. The van der Waals surface area contributed by atoms with Crippen LogP contribution in [0, 0.1) is 0 Å². The van der Waals surface area contributed by atoms with Crippen LogP contribution >= 0.6 is 0 Å². The van der Waals surface area contributed by atoms with Gasteiger partial charge in [-0.15, -0.1) is 0 Å². The smallest absolute Gasteiger partial charge is 0.270 e. The van der Waals surface area contributed by atoms with Gasteiger partial charge in [-0.2, -0.15) is 0 Å². The minimum atomic E-state index is -2.78. The summed E-state index contributed by atoms with van der Waals surface area (Å²) in [6.07, 6.45) is 2.10. The third-order valence-electron chi connectivity index (χ3n) is 1.95. The lowest BCUT2D eigenvalue weighted by Crippen LogP contribution is -2.13. The van der Waals surface area contributed by atoms with E-state index in [9.17, 15) is 8.78 Å². The van der Waals surface area contributed by atoms with E-state index in [0.717, 1.165) is 13.5 Å². The van der Waals surface area contributed by atoms with Gasteiger partial charge in [0.1, 0.15) is 0 Å². The average molecular weight is 200 g/mol. The molecular formula is C10H14F2N2. The number of halogens is 2. The molecule has 0 fully saturated rings. The van der Waals surface area contributed by atoms with Crippen molar-refractivity contribution in [3.63, 3.8) is 0 Å². The zero-order chi connectivity index (χ0) is 10.6. The second-order valence-electron chi connectivity index (χ2n) is 3.28. The van der Waals surface area contributed by atoms with Gasteiger partial charge >= 0.3 is 0 Å². The van der Waals surface area contributed by atoms with Gasteiger partial charge in [-0.25, -0.2) is 8.78 Å². The van der Waals surface area contributed by atoms with Crippen LogP contribution in [-0.2, 0) is 12.3 Å². The summed E-state index contributed by atoms with van der Waals surface area (Å²) in [5, 5.41) is 2.95. The van der Waals surface area contributed by atoms with Crippen LogP contribution < -0.4 is 5.32 Å². The van der Waals surface area contributed by atoms with Crippen molar-refractivity contribution in [3.8, 4) is 0 Å². The van der Waals surface area contributed by atoms with E-state index >= 15 is 0 Å². The van der Waals surface area contributed by atoms with Gasteiger partial charge in [0.15, 0.2) is 0 Å². The maximum atomic E-state index is 12.9. The molecule has 1 aromatic heterocycles. The van der Waals surface area contributed by atoms with Gasteiger partial charge in [0, 0.05) is 37.3 Å². The molecule has 78 valence electrons. The molecule has 1 heterocycles. The van der Waals surface area contributed by atoms with Gasteiger partial charge in [0.2, 0.25) is 0 Å². The molecule has 0 aliphatic carbocycles. The normalized spacial score (nSPS) is 11.7. The van der Waals surface area contributed by atoms with Crippen LogP contribution in [0.2, 0.25) is 0 Å². The van der Waals surface area contributed by atoms with Gasteiger partial charge in [0.25, 0.3) is 5.92 Å². The van der Waals surface area contributed by atoms with Gasteiger partial charge in [-0.3, -0.25) is 4.98 Å². The van der Waals surface area contributed by atoms with E-state index in [0.29, 0.717) is 12.1 Å². The van der Waals surface area contributed by atoms with Crippen molar-refractivity contribution in [2.24, 2.45) is 0 Å². The molecule has 0 aliphatic heterocycles. The number of nitrogens with zero attached hydrogens (tertiary/aromatic N) is 1. The zero-order valence-electron chi connectivity index (χ0n) is 8.35. The highest BCUT2D eigenvalue weighted by molar-refractivity contribution is 5.20. The topological polar surface area (TPSA) is 24.9 Å². The molecule has 0 aromatic carbocycles. The molecule has 1 aromatic rings. The first kappa shape index (κ1) is 11.0. The molecular weight excluding hydrogens is 186 g/mol. The first-order valence-corrected chi connectivity index (χ1v) is 4.52. The molecule has 1 N–H and O–H groups in total. The Kier molecular flexibility index (Phi) is 3.52. The first-order chi connectivity index (χ1) is 6.54. The van der Waals surface area contributed by atoms with Crippen LogP contribution in [0.15, 0.2) is 18.3 Å². The second kappa shape index (κ2) is 4.46. The van der Waals surface area contributed by atoms with Crippen molar-refractivity contribution in [1.29, 1.82) is 0 Å². The number of pyridine rings is 1. The molecule has 0 unspecified atom stereocenters. The fourth-order valence-electron chi connectivity index (χ4n) is 1.14. The summed E-state index contributed by atoms with van der Waals surface area (Å²) < 4.78 is 25.8. The fraction of sp³-hybridized carbons (Fsp3) is 0.500. The lowest BCUT2D eigenvalue weighted by Gasteiger charge is -2.11. The third kappa shape index (κ3) is 3.03. The number of alkyl halides is 2. The summed E-state index contributed by atoms with van der Waals surface area (Å²) in [6, 6.07) is 2.81. The molecule has 0 bridgehead atoms. The maximum absolute atomic E-state index is 12.9. The highest BCUT2D eigenvalue weighted by Gasteiger charge is 2.24. The first-order valence-electron chi connectivity index (χ1n) is 4.52. The van der Waals surface area contributed by atoms with Gasteiger partial charge in [-0.05, 0) is 19.2 Å². The summed E-state index contributed by atoms with van der Waals surface area (Å²) in [5.74, 6) is -2.78. The summed E-state index contributed by atoms with van der Waals surface area (Å²) >= 11 is 0. The molecule has 4 heteroatoms. The minimum Gasteiger partial charge on any atom is -0.319 e. The van der Waals surface area contributed by atoms with Gasteiger partial charge in [-0.1, -0.05) is 0 Å². The van der Waals surface area contributed by atoms with Crippen molar-refractivity contribution in [3.05, 3.63) is 29.6 Å². The van der Waals surface area contributed by atoms with E-state index in [4.69, 9.17) is 0 Å². The average Bonchev–Trinajstić information content (AvgIpc) is 2.14. The minimum absolute atomic E-state index is 0.0265. The van der Waals surface area contributed by atoms with Crippen LogP contribution in [-0.4, -0.2) is 18.6 Å². The maximum Gasteiger partial charge on any atom is 0.270 e. The number of likely N-dealkylation sites (N-methyl/N-ethyl adjacent to an activating group) is 1. The van der Waals surface area contributed by atoms with E-state index in [-0.39, 0.29) is 5.56 Å². The molecule has 0 saturated heterocycles. The molecule has 0 aliphatic rings. The summed E-state index contributed by atoms with van der Waals surface area (Å²) in [7, 11) is 1.82. The number of hydrogen-bond donors (Lipinski definition) is 1. The molecule has 2 nitrogen and oxygen atoms in total. The highest BCUT2D eigenvalue weighted by atomic mass is 19.3. The Labute approximate surface area is 82.4 Å². The van der Waals surface area contributed by atoms with Gasteiger partial charge in [0.05, 0.1) is 0 Å². The molecule has 1 rings (SSSR count). The quantitative estimate of drug-likeness (QED) is 0.803. The largest absolute Gasteiger partial charge is 0.319 e. The Morgan fingerprint density at radius 2 is 2.21 bits per heavy atom. The molecule has 0 saturated carbocycles. The van der Waals surface area contributed by atoms with E-state index in [1.54, 1.807) is 0 Å². The Bertz CT molecular complexity index is 294. The van der Waals surface area contributed by atoms with Crippen LogP contribution in [0.25, 0.3) is 0 Å². The molecule has 0 atom stereocenters. The molecule has 0 spiro atoms. The van der Waals surface area contributed by atoms with E-state index < -0.39 is 5.92 Å². The van der Waals surface area contributed by atoms with Crippen molar-refractivity contribution < 1.29 is 8.78 Å². The third-order valence-corrected chi connectivity index (χ3v) is 1.95. The fourth-order valence-corrected chi connectivity index (χ4v) is 1.14. The lowest BCUT2D eigenvalue weighted by molar-refractivity contribution is 0.0173. The summed E-state index contributed by atoms with van der Waals surface area (Å²) in [5.41, 5.74) is 0.719. The number of rotatable bonds is 4. The Morgan fingerprint density at radius 3 is 2.79 bits per heavy atom. The second-order valence-corrected chi connectivity index (χ2v) is 3.28. The SMILES string of the molecule is CNCCc1cc(C(C)(F)F)ccn1. The molecule has 14 heavy (non-hydrogen) atoms. The zero-order valence-corrected chi connectivity index (χ0v) is 8.35. The van der Waals surface area contributed by atoms with Crippen LogP contribution in [0.4, 0.5) is 8.78 Å². The predicted octanol–water partition coefficient (Wildman–Crippen LogP) is 1.96. The molecule has 0 radical (unpaired) electrons. The van der Waals surface area contributed by atoms with E-state index in [1.807, 2.05) is 7.05 Å². The van der Waals surface area contributed by atoms with E-state index in [1.165, 1.54) is 18.3 Å². The van der Waals surface area contributed by atoms with Crippen molar-refractivity contribution in [2.75, 3.05) is 13.6 Å². The van der Waals surface area contributed by atoms with Crippen molar-refractivity contribution in [2.45, 2.75) is 19.3 Å². The Morgan fingerprint density at radius 1 is 1.50 bits per heavy atom. The number of nitrogens with one attached hydrogen (secondary N) is 1. The standard InChI is InChI=1S/C10H14F2N2/c1-10(11,12)8-3-6-14-9(7-8)4-5-13-2/h3,6-7,13H,4-5H2,1-2H3. The Balaban J connectivity index is 2.79. The summed E-state index contributed by atoms with van der Waals surface area (Å²) in [4.78, 5) is 4.02. The predicted molar refractivity (Wildman–Crippen MR) is 51.4 cm³/mol. The monoisotopic (exact) mass is 200 g/mol. The Hall–Kier alpha value is -1.03. The summed E-state index contributed by atoms with van der Waals surface area (Å²) in [6.45, 7) is 1.63. The van der Waals surface area contributed by atoms with Crippen LogP contribution in [0.1, 0.15) is 18.2 Å². The van der Waals surface area contributed by atoms with Crippen LogP contribution in [0.5, 0.6) is 0 Å². The van der Waals surface area contributed by atoms with Crippen molar-refractivity contribution in [1.82, 2.24) is 10.3 Å². The number of hydrogen-bond acceptors (Lipinski definition) is 2. The van der Waals surface area contributed by atoms with Gasteiger partial charge < -0.3 is 5.32 Å².